The molecule has 1 aliphatic carbocycles. The third-order valence-corrected chi connectivity index (χ3v) is 3.44. The Balaban J connectivity index is 2.01. The van der Waals surface area contributed by atoms with Crippen LogP contribution in [0.5, 0.6) is 0 Å². The first-order chi connectivity index (χ1) is 6.74. The molecule has 0 unspecified atom stereocenters. The summed E-state index contributed by atoms with van der Waals surface area (Å²) >= 11 is 0. The fourth-order valence-corrected chi connectivity index (χ4v) is 2.72. The number of nitrogens with one attached hydrogen (secondary N) is 1. The van der Waals surface area contributed by atoms with E-state index in [1.807, 2.05) is 7.05 Å². The molecule has 0 saturated heterocycles. The van der Waals surface area contributed by atoms with Gasteiger partial charge in [0.1, 0.15) is 0 Å². The Morgan fingerprint density at radius 1 is 1.29 bits per heavy atom. The van der Waals surface area contributed by atoms with Gasteiger partial charge in [-0.1, -0.05) is 37.3 Å². The van der Waals surface area contributed by atoms with E-state index >= 15 is 0 Å². The highest BCUT2D eigenvalue weighted by Gasteiger charge is 2.40. The van der Waals surface area contributed by atoms with Crippen LogP contribution in [-0.4, -0.2) is 13.6 Å². The van der Waals surface area contributed by atoms with E-state index in [-0.39, 0.29) is 0 Å². The minimum atomic E-state index is 0.447. The Morgan fingerprint density at radius 3 is 2.50 bits per heavy atom. The molecule has 1 aromatic carbocycles. The molecule has 76 valence electrons. The second-order valence-electron chi connectivity index (χ2n) is 4.76. The van der Waals surface area contributed by atoms with Crippen LogP contribution in [0.1, 0.15) is 25.3 Å². The smallest absolute Gasteiger partial charge is 0.00229 e. The van der Waals surface area contributed by atoms with E-state index in [0.717, 1.165) is 5.92 Å². The van der Waals surface area contributed by atoms with Crippen LogP contribution >= 0.6 is 0 Å². The van der Waals surface area contributed by atoms with E-state index in [1.165, 1.54) is 24.9 Å². The fraction of sp³-hybridized carbons (Fsp3) is 0.538. The average molecular weight is 189 g/mol. The maximum Gasteiger partial charge on any atom is -0.00229 e. The summed E-state index contributed by atoms with van der Waals surface area (Å²) in [7, 11) is 2.04. The van der Waals surface area contributed by atoms with Crippen molar-refractivity contribution in [3.05, 3.63) is 35.9 Å². The van der Waals surface area contributed by atoms with E-state index in [2.05, 4.69) is 42.6 Å². The van der Waals surface area contributed by atoms with Gasteiger partial charge in [0.25, 0.3) is 0 Å². The van der Waals surface area contributed by atoms with Crippen molar-refractivity contribution in [2.24, 2.45) is 5.92 Å². The molecule has 1 heteroatoms. The summed E-state index contributed by atoms with van der Waals surface area (Å²) in [4.78, 5) is 0. The maximum absolute atomic E-state index is 3.26. The van der Waals surface area contributed by atoms with Gasteiger partial charge in [-0.05, 0) is 43.3 Å². The van der Waals surface area contributed by atoms with Crippen molar-refractivity contribution in [2.75, 3.05) is 13.6 Å². The van der Waals surface area contributed by atoms with Crippen molar-refractivity contribution >= 4 is 0 Å². The summed E-state index contributed by atoms with van der Waals surface area (Å²) in [6, 6.07) is 10.9. The fourth-order valence-electron chi connectivity index (χ4n) is 2.72. The molecule has 1 aliphatic rings. The van der Waals surface area contributed by atoms with E-state index in [1.54, 1.807) is 0 Å². The zero-order valence-corrected chi connectivity index (χ0v) is 9.09. The lowest BCUT2D eigenvalue weighted by molar-refractivity contribution is 0.160. The van der Waals surface area contributed by atoms with Gasteiger partial charge in [0, 0.05) is 0 Å². The lowest BCUT2D eigenvalue weighted by atomic mass is 9.60. The van der Waals surface area contributed by atoms with Crippen LogP contribution in [0, 0.1) is 5.92 Å². The van der Waals surface area contributed by atoms with Gasteiger partial charge >= 0.3 is 0 Å². The molecule has 1 aromatic rings. The molecule has 0 amide bonds. The van der Waals surface area contributed by atoms with Gasteiger partial charge in [-0.15, -0.1) is 0 Å². The number of rotatable bonds is 3. The van der Waals surface area contributed by atoms with Crippen molar-refractivity contribution in [2.45, 2.75) is 25.2 Å². The quantitative estimate of drug-likeness (QED) is 0.770. The summed E-state index contributed by atoms with van der Waals surface area (Å²) in [6.07, 6.45) is 2.66. The van der Waals surface area contributed by atoms with Crippen LogP contribution in [-0.2, 0) is 5.41 Å². The summed E-state index contributed by atoms with van der Waals surface area (Å²) in [5.74, 6) is 0.880. The molecular formula is C13H19N. The predicted octanol–water partition coefficient (Wildman–Crippen LogP) is 2.57. The molecule has 2 rings (SSSR count). The first kappa shape index (κ1) is 9.72. The van der Waals surface area contributed by atoms with Crippen molar-refractivity contribution in [1.29, 1.82) is 0 Å². The molecule has 0 bridgehead atoms. The zero-order chi connectivity index (χ0) is 10.0. The highest BCUT2D eigenvalue weighted by atomic mass is 14.8. The van der Waals surface area contributed by atoms with Gasteiger partial charge in [0.15, 0.2) is 0 Å². The molecular weight excluding hydrogens is 170 g/mol. The van der Waals surface area contributed by atoms with Gasteiger partial charge in [-0.3, -0.25) is 0 Å². The zero-order valence-electron chi connectivity index (χ0n) is 9.09. The van der Waals surface area contributed by atoms with Crippen LogP contribution in [0.4, 0.5) is 0 Å². The largest absolute Gasteiger partial charge is 0.319 e. The molecule has 1 nitrogen and oxygen atoms in total. The van der Waals surface area contributed by atoms with Crippen molar-refractivity contribution < 1.29 is 0 Å². The maximum atomic E-state index is 3.26. The Labute approximate surface area is 86.5 Å². The van der Waals surface area contributed by atoms with Gasteiger partial charge in [-0.25, -0.2) is 0 Å². The molecule has 1 fully saturated rings. The second-order valence-corrected chi connectivity index (χ2v) is 4.76. The van der Waals surface area contributed by atoms with Gasteiger partial charge in [0.05, 0.1) is 0 Å². The Bertz CT molecular complexity index is 285. The molecule has 0 atom stereocenters. The van der Waals surface area contributed by atoms with Crippen LogP contribution in [0.25, 0.3) is 0 Å². The van der Waals surface area contributed by atoms with Gasteiger partial charge in [-0.2, -0.15) is 0 Å². The summed E-state index contributed by atoms with van der Waals surface area (Å²) in [5, 5.41) is 3.26. The van der Waals surface area contributed by atoms with Crippen molar-refractivity contribution in [3.63, 3.8) is 0 Å². The third-order valence-electron chi connectivity index (χ3n) is 3.44. The van der Waals surface area contributed by atoms with E-state index in [9.17, 15) is 0 Å². The molecule has 1 N–H and O–H groups in total. The summed E-state index contributed by atoms with van der Waals surface area (Å²) in [5.41, 5.74) is 1.95. The minimum absolute atomic E-state index is 0.447. The molecule has 0 radical (unpaired) electrons. The third kappa shape index (κ3) is 1.69. The first-order valence-electron chi connectivity index (χ1n) is 5.45. The predicted molar refractivity (Wildman–Crippen MR) is 60.4 cm³/mol. The molecule has 0 heterocycles. The number of hydrogen-bond acceptors (Lipinski definition) is 1. The highest BCUT2D eigenvalue weighted by Crippen LogP contribution is 2.46. The minimum Gasteiger partial charge on any atom is -0.319 e. The normalized spacial score (nSPS) is 31.1. The Kier molecular flexibility index (Phi) is 2.60. The molecule has 0 spiro atoms. The lowest BCUT2D eigenvalue weighted by Gasteiger charge is -2.46. The lowest BCUT2D eigenvalue weighted by Crippen LogP contribution is -2.42. The summed E-state index contributed by atoms with van der Waals surface area (Å²) < 4.78 is 0. The molecule has 0 aromatic heterocycles. The van der Waals surface area contributed by atoms with E-state index in [4.69, 9.17) is 0 Å². The second kappa shape index (κ2) is 3.74. The summed E-state index contributed by atoms with van der Waals surface area (Å²) in [6.45, 7) is 3.55. The van der Waals surface area contributed by atoms with Gasteiger partial charge < -0.3 is 5.32 Å². The van der Waals surface area contributed by atoms with Crippen LogP contribution in [0.15, 0.2) is 30.3 Å². The van der Waals surface area contributed by atoms with Crippen molar-refractivity contribution in [1.82, 2.24) is 5.32 Å². The van der Waals surface area contributed by atoms with Crippen LogP contribution in [0.3, 0.4) is 0 Å². The first-order valence-corrected chi connectivity index (χ1v) is 5.45. The SMILES string of the molecule is CNCC1CC(C)(c2ccccc2)C1. The number of benzene rings is 1. The van der Waals surface area contributed by atoms with Gasteiger partial charge in [0.2, 0.25) is 0 Å². The van der Waals surface area contributed by atoms with E-state index < -0.39 is 0 Å². The molecule has 14 heavy (non-hydrogen) atoms. The van der Waals surface area contributed by atoms with Crippen molar-refractivity contribution in [3.8, 4) is 0 Å². The topological polar surface area (TPSA) is 12.0 Å². The Hall–Kier alpha value is -0.820. The van der Waals surface area contributed by atoms with Crippen LogP contribution < -0.4 is 5.32 Å². The monoisotopic (exact) mass is 189 g/mol. The van der Waals surface area contributed by atoms with E-state index in [0.29, 0.717) is 5.41 Å². The standard InChI is InChI=1S/C13H19N/c1-13(8-11(9-13)10-14-2)12-6-4-3-5-7-12/h3-7,11,14H,8-10H2,1-2H3. The Morgan fingerprint density at radius 2 is 1.93 bits per heavy atom. The number of hydrogen-bond donors (Lipinski definition) is 1. The molecule has 1 saturated carbocycles. The van der Waals surface area contributed by atoms with Crippen LogP contribution in [0.2, 0.25) is 0 Å². The molecule has 0 aliphatic heterocycles. The highest BCUT2D eigenvalue weighted by molar-refractivity contribution is 5.27. The average Bonchev–Trinajstić information content (AvgIpc) is 2.17.